The zero-order valence-electron chi connectivity index (χ0n) is 14.5. The van der Waals surface area contributed by atoms with E-state index in [4.69, 9.17) is 0 Å². The predicted octanol–water partition coefficient (Wildman–Crippen LogP) is 6.53. The van der Waals surface area contributed by atoms with Crippen molar-refractivity contribution in [3.05, 3.63) is 36.6 Å². The number of hydrogen-bond acceptors (Lipinski definition) is 1. The Bertz CT molecular complexity index is 276. The SMILES string of the molecule is C=C(CCCCCCC/C=C/C/C=C/CCCCC)NC. The van der Waals surface area contributed by atoms with Crippen molar-refractivity contribution in [3.8, 4) is 0 Å². The Kier molecular flexibility index (Phi) is 16.3. The molecule has 0 aliphatic heterocycles. The normalized spacial score (nSPS) is 11.5. The third-order valence-electron chi connectivity index (χ3n) is 3.78. The third-order valence-corrected chi connectivity index (χ3v) is 3.78. The fraction of sp³-hybridized carbons (Fsp3) is 0.700. The van der Waals surface area contributed by atoms with Gasteiger partial charge < -0.3 is 5.32 Å². The molecule has 0 atom stereocenters. The Hall–Kier alpha value is -0.980. The van der Waals surface area contributed by atoms with Crippen LogP contribution in [-0.4, -0.2) is 7.05 Å². The van der Waals surface area contributed by atoms with Gasteiger partial charge in [-0.2, -0.15) is 0 Å². The zero-order chi connectivity index (χ0) is 15.6. The van der Waals surface area contributed by atoms with Crippen LogP contribution in [0.15, 0.2) is 36.6 Å². The molecule has 0 heterocycles. The minimum atomic E-state index is 1.11. The molecule has 0 amide bonds. The molecule has 122 valence electrons. The maximum Gasteiger partial charge on any atom is 0.00310 e. The van der Waals surface area contributed by atoms with E-state index in [1.807, 2.05) is 7.05 Å². The van der Waals surface area contributed by atoms with Gasteiger partial charge >= 0.3 is 0 Å². The minimum Gasteiger partial charge on any atom is -0.392 e. The van der Waals surface area contributed by atoms with Gasteiger partial charge in [-0.3, -0.25) is 0 Å². The number of nitrogens with one attached hydrogen (secondary N) is 1. The summed E-state index contributed by atoms with van der Waals surface area (Å²) in [5.74, 6) is 0. The van der Waals surface area contributed by atoms with Crippen LogP contribution in [0.4, 0.5) is 0 Å². The number of hydrogen-bond donors (Lipinski definition) is 1. The van der Waals surface area contributed by atoms with Crippen LogP contribution in [0.3, 0.4) is 0 Å². The van der Waals surface area contributed by atoms with Gasteiger partial charge in [-0.1, -0.05) is 69.9 Å². The van der Waals surface area contributed by atoms with Crippen molar-refractivity contribution in [3.63, 3.8) is 0 Å². The van der Waals surface area contributed by atoms with Crippen molar-refractivity contribution in [2.24, 2.45) is 0 Å². The monoisotopic (exact) mass is 291 g/mol. The number of unbranched alkanes of at least 4 members (excludes halogenated alkanes) is 8. The van der Waals surface area contributed by atoms with E-state index >= 15 is 0 Å². The van der Waals surface area contributed by atoms with Crippen LogP contribution in [0.1, 0.15) is 84.0 Å². The average molecular weight is 292 g/mol. The van der Waals surface area contributed by atoms with Crippen LogP contribution in [0.5, 0.6) is 0 Å². The Labute approximate surface area is 133 Å². The molecule has 1 N–H and O–H groups in total. The molecule has 0 aromatic rings. The average Bonchev–Trinajstić information content (AvgIpc) is 2.50. The van der Waals surface area contributed by atoms with E-state index in [0.29, 0.717) is 0 Å². The van der Waals surface area contributed by atoms with Crippen LogP contribution >= 0.6 is 0 Å². The van der Waals surface area contributed by atoms with Gasteiger partial charge in [0.1, 0.15) is 0 Å². The quantitative estimate of drug-likeness (QED) is 0.267. The summed E-state index contributed by atoms with van der Waals surface area (Å²) in [7, 11) is 1.95. The molecule has 0 aromatic carbocycles. The molecule has 0 saturated heterocycles. The lowest BCUT2D eigenvalue weighted by Crippen LogP contribution is -2.03. The van der Waals surface area contributed by atoms with Gasteiger partial charge in [-0.15, -0.1) is 0 Å². The first-order valence-corrected chi connectivity index (χ1v) is 8.96. The van der Waals surface area contributed by atoms with E-state index < -0.39 is 0 Å². The summed E-state index contributed by atoms with van der Waals surface area (Å²) in [6.45, 7) is 6.21. The highest BCUT2D eigenvalue weighted by Gasteiger charge is 1.92. The van der Waals surface area contributed by atoms with Crippen molar-refractivity contribution >= 4 is 0 Å². The van der Waals surface area contributed by atoms with Crippen LogP contribution in [0, 0.1) is 0 Å². The summed E-state index contributed by atoms with van der Waals surface area (Å²) >= 11 is 0. The largest absolute Gasteiger partial charge is 0.392 e. The first-order valence-electron chi connectivity index (χ1n) is 8.96. The summed E-state index contributed by atoms with van der Waals surface area (Å²) in [6.07, 6.45) is 24.7. The molecule has 0 spiro atoms. The number of allylic oxidation sites excluding steroid dienone is 5. The van der Waals surface area contributed by atoms with Gasteiger partial charge in [0.25, 0.3) is 0 Å². The molecule has 0 rings (SSSR count). The van der Waals surface area contributed by atoms with E-state index in [1.54, 1.807) is 0 Å². The van der Waals surface area contributed by atoms with Gasteiger partial charge in [-0.05, 0) is 44.9 Å². The molecule has 0 saturated carbocycles. The van der Waals surface area contributed by atoms with E-state index in [0.717, 1.165) is 12.8 Å². The standard InChI is InChI=1S/C20H37N/c1-4-5-6-7-8-9-10-11-12-13-14-15-16-17-18-19-20(2)21-3/h8-9,11-12,21H,2,4-7,10,13-19H2,1,3H3/b9-8+,12-11+. The summed E-state index contributed by atoms with van der Waals surface area (Å²) in [5.41, 5.74) is 1.17. The van der Waals surface area contributed by atoms with Crippen molar-refractivity contribution < 1.29 is 0 Å². The Morgan fingerprint density at radius 1 is 0.810 bits per heavy atom. The van der Waals surface area contributed by atoms with Crippen molar-refractivity contribution in [2.45, 2.75) is 84.0 Å². The summed E-state index contributed by atoms with van der Waals surface area (Å²) in [4.78, 5) is 0. The van der Waals surface area contributed by atoms with Crippen LogP contribution in [-0.2, 0) is 0 Å². The first kappa shape index (κ1) is 20.0. The van der Waals surface area contributed by atoms with Gasteiger partial charge in [0.2, 0.25) is 0 Å². The highest BCUT2D eigenvalue weighted by molar-refractivity contribution is 4.92. The van der Waals surface area contributed by atoms with Crippen molar-refractivity contribution in [1.82, 2.24) is 5.32 Å². The molecule has 0 aliphatic carbocycles. The van der Waals surface area contributed by atoms with E-state index in [1.165, 1.54) is 69.9 Å². The van der Waals surface area contributed by atoms with Gasteiger partial charge in [0, 0.05) is 12.7 Å². The smallest absolute Gasteiger partial charge is 0.00310 e. The molecule has 0 aliphatic rings. The molecule has 21 heavy (non-hydrogen) atoms. The molecule has 1 nitrogen and oxygen atoms in total. The third kappa shape index (κ3) is 17.0. The van der Waals surface area contributed by atoms with E-state index in [-0.39, 0.29) is 0 Å². The molecule has 0 aromatic heterocycles. The zero-order valence-corrected chi connectivity index (χ0v) is 14.5. The second-order valence-corrected chi connectivity index (χ2v) is 5.83. The molecular weight excluding hydrogens is 254 g/mol. The summed E-state index contributed by atoms with van der Waals surface area (Å²) < 4.78 is 0. The lowest BCUT2D eigenvalue weighted by Gasteiger charge is -2.03. The molecule has 0 radical (unpaired) electrons. The van der Waals surface area contributed by atoms with Crippen LogP contribution in [0.25, 0.3) is 0 Å². The van der Waals surface area contributed by atoms with Gasteiger partial charge in [0.15, 0.2) is 0 Å². The maximum absolute atomic E-state index is 3.95. The fourth-order valence-corrected chi connectivity index (χ4v) is 2.27. The molecule has 1 heteroatoms. The van der Waals surface area contributed by atoms with Gasteiger partial charge in [-0.25, -0.2) is 0 Å². The van der Waals surface area contributed by atoms with Gasteiger partial charge in [0.05, 0.1) is 0 Å². The summed E-state index contributed by atoms with van der Waals surface area (Å²) in [5, 5.41) is 3.11. The maximum atomic E-state index is 3.95. The lowest BCUT2D eigenvalue weighted by molar-refractivity contribution is 0.609. The molecule has 0 bridgehead atoms. The Morgan fingerprint density at radius 2 is 1.38 bits per heavy atom. The topological polar surface area (TPSA) is 12.0 Å². The van der Waals surface area contributed by atoms with E-state index in [9.17, 15) is 0 Å². The highest BCUT2D eigenvalue weighted by atomic mass is 14.8. The summed E-state index contributed by atoms with van der Waals surface area (Å²) in [6, 6.07) is 0. The molecular formula is C20H37N. The fourth-order valence-electron chi connectivity index (χ4n) is 2.27. The van der Waals surface area contributed by atoms with Crippen LogP contribution in [0.2, 0.25) is 0 Å². The number of rotatable bonds is 15. The van der Waals surface area contributed by atoms with Crippen LogP contribution < -0.4 is 5.32 Å². The molecule has 0 unspecified atom stereocenters. The minimum absolute atomic E-state index is 1.11. The second-order valence-electron chi connectivity index (χ2n) is 5.83. The Balaban J connectivity index is 3.20. The Morgan fingerprint density at radius 3 is 2.00 bits per heavy atom. The van der Waals surface area contributed by atoms with Crippen molar-refractivity contribution in [2.75, 3.05) is 7.05 Å². The predicted molar refractivity (Wildman–Crippen MR) is 97.6 cm³/mol. The lowest BCUT2D eigenvalue weighted by atomic mass is 10.1. The van der Waals surface area contributed by atoms with E-state index in [2.05, 4.69) is 43.1 Å². The highest BCUT2D eigenvalue weighted by Crippen LogP contribution is 2.09. The second kappa shape index (κ2) is 17.1. The van der Waals surface area contributed by atoms with Crippen molar-refractivity contribution in [1.29, 1.82) is 0 Å². The first-order chi connectivity index (χ1) is 10.3. The molecule has 0 fully saturated rings.